The number of amides is 9. The minimum absolute atomic E-state index is 0.00846. The minimum atomic E-state index is -1.70. The van der Waals surface area contributed by atoms with E-state index in [0.29, 0.717) is 41.7 Å². The molecule has 1 aliphatic rings. The fourth-order valence-corrected chi connectivity index (χ4v) is 10.1. The molecular formula is C50H67ClN10O12S2. The van der Waals surface area contributed by atoms with Crippen LogP contribution in [0.4, 0.5) is 4.79 Å². The SMILES string of the molecule is CC(O)C1NC(=O)[C@H](CCCCN)NC(=O)[C@@H](CCCCNC(N)=O)NC(=O)[C@H](Cc2ccc(O)cc2)NC(=O)[C@H](NC(=O)CCc2ccc(Cl)cc2)CSSC[C@@H](C(=O)N[C@@H](C=O)Cc2ccc(O)cc2)NC1=O. The molecule has 3 aromatic rings. The van der Waals surface area contributed by atoms with Crippen LogP contribution in [-0.4, -0.2) is 142 Å². The van der Waals surface area contributed by atoms with E-state index in [1.54, 1.807) is 36.4 Å². The fourth-order valence-electron chi connectivity index (χ4n) is 7.61. The highest BCUT2D eigenvalue weighted by molar-refractivity contribution is 8.76. The molecule has 1 heterocycles. The summed E-state index contributed by atoms with van der Waals surface area (Å²) in [5.41, 5.74) is 12.9. The number of rotatable bonds is 21. The molecule has 408 valence electrons. The van der Waals surface area contributed by atoms with Gasteiger partial charge in [-0.1, -0.05) is 69.6 Å². The van der Waals surface area contributed by atoms with Crippen molar-refractivity contribution in [2.24, 2.45) is 11.5 Å². The molecule has 0 spiro atoms. The third-order valence-electron chi connectivity index (χ3n) is 11.8. The quantitative estimate of drug-likeness (QED) is 0.0393. The number of hydrogen-bond donors (Lipinski definition) is 13. The summed E-state index contributed by atoms with van der Waals surface area (Å²) in [6, 6.07) is 8.15. The second kappa shape index (κ2) is 32.0. The smallest absolute Gasteiger partial charge is 0.312 e. The fraction of sp³-hybridized carbons (Fsp3) is 0.460. The van der Waals surface area contributed by atoms with Crippen LogP contribution in [-0.2, 0) is 57.6 Å². The highest BCUT2D eigenvalue weighted by atomic mass is 35.5. The third-order valence-corrected chi connectivity index (χ3v) is 14.5. The van der Waals surface area contributed by atoms with E-state index in [9.17, 15) is 58.5 Å². The maximum Gasteiger partial charge on any atom is 0.312 e. The van der Waals surface area contributed by atoms with E-state index >= 15 is 0 Å². The van der Waals surface area contributed by atoms with Gasteiger partial charge in [0.15, 0.2) is 0 Å². The maximum atomic E-state index is 14.5. The molecule has 2 unspecified atom stereocenters. The van der Waals surface area contributed by atoms with Gasteiger partial charge in [0.1, 0.15) is 54.0 Å². The summed E-state index contributed by atoms with van der Waals surface area (Å²) in [5, 5.41) is 52.2. The lowest BCUT2D eigenvalue weighted by Gasteiger charge is -2.29. The van der Waals surface area contributed by atoms with E-state index in [0.717, 1.165) is 27.2 Å². The van der Waals surface area contributed by atoms with Crippen LogP contribution in [0.5, 0.6) is 11.5 Å². The van der Waals surface area contributed by atoms with E-state index < -0.39 is 95.8 Å². The number of aliphatic hydroxyl groups excluding tert-OH is 1. The van der Waals surface area contributed by atoms with Gasteiger partial charge in [0, 0.05) is 35.9 Å². The van der Waals surface area contributed by atoms with Crippen molar-refractivity contribution in [2.45, 2.75) is 120 Å². The van der Waals surface area contributed by atoms with Crippen molar-refractivity contribution in [3.05, 3.63) is 94.5 Å². The van der Waals surface area contributed by atoms with Gasteiger partial charge in [-0.05, 0) is 118 Å². The number of aryl methyl sites for hydroxylation is 1. The number of carbonyl (C=O) groups is 9. The van der Waals surface area contributed by atoms with Crippen LogP contribution < -0.4 is 54.0 Å². The predicted octanol–water partition coefficient (Wildman–Crippen LogP) is 0.505. The molecule has 0 aromatic heterocycles. The van der Waals surface area contributed by atoms with Gasteiger partial charge in [0.05, 0.1) is 12.1 Å². The highest BCUT2D eigenvalue weighted by Crippen LogP contribution is 2.24. The van der Waals surface area contributed by atoms with Crippen LogP contribution in [0.2, 0.25) is 5.02 Å². The summed E-state index contributed by atoms with van der Waals surface area (Å²) in [6.45, 7) is 1.60. The van der Waals surface area contributed by atoms with Crippen LogP contribution >= 0.6 is 33.2 Å². The highest BCUT2D eigenvalue weighted by Gasteiger charge is 2.36. The molecule has 4 rings (SSSR count). The van der Waals surface area contributed by atoms with Crippen LogP contribution in [0.25, 0.3) is 0 Å². The lowest BCUT2D eigenvalue weighted by Crippen LogP contribution is -2.62. The van der Waals surface area contributed by atoms with Crippen LogP contribution in [0.15, 0.2) is 72.8 Å². The number of urea groups is 1. The number of aromatic hydroxyl groups is 2. The Morgan fingerprint density at radius 2 is 1.27 bits per heavy atom. The summed E-state index contributed by atoms with van der Waals surface area (Å²) < 4.78 is 0. The number of halogens is 1. The van der Waals surface area contributed by atoms with Crippen molar-refractivity contribution in [3.8, 4) is 11.5 Å². The Morgan fingerprint density at radius 1 is 0.720 bits per heavy atom. The number of nitrogens with two attached hydrogens (primary N) is 2. The van der Waals surface area contributed by atoms with Crippen LogP contribution in [0.1, 0.15) is 68.6 Å². The van der Waals surface area contributed by atoms with Crippen molar-refractivity contribution in [1.82, 2.24) is 42.5 Å². The number of unbranched alkanes of at least 4 members (excludes halogenated alkanes) is 2. The summed E-state index contributed by atoms with van der Waals surface area (Å²) >= 11 is 6.05. The molecule has 3 aromatic carbocycles. The Kier molecular flexibility index (Phi) is 26.0. The molecule has 22 nitrogen and oxygen atoms in total. The van der Waals surface area contributed by atoms with Gasteiger partial charge in [0.2, 0.25) is 41.4 Å². The van der Waals surface area contributed by atoms with Gasteiger partial charge < -0.3 is 74.1 Å². The second-order valence-corrected chi connectivity index (χ2v) is 20.8. The number of phenols is 2. The van der Waals surface area contributed by atoms with Crippen molar-refractivity contribution < 1.29 is 58.5 Å². The third kappa shape index (κ3) is 22.0. The summed E-state index contributed by atoms with van der Waals surface area (Å²) in [4.78, 5) is 123. The number of nitrogens with one attached hydrogen (secondary N) is 8. The van der Waals surface area contributed by atoms with E-state index in [-0.39, 0.29) is 81.0 Å². The van der Waals surface area contributed by atoms with E-state index in [4.69, 9.17) is 23.1 Å². The Balaban J connectivity index is 1.76. The Morgan fingerprint density at radius 3 is 1.85 bits per heavy atom. The molecule has 0 radical (unpaired) electrons. The molecule has 1 aliphatic heterocycles. The molecule has 0 saturated carbocycles. The Hall–Kier alpha value is -6.60. The van der Waals surface area contributed by atoms with Crippen molar-refractivity contribution in [1.29, 1.82) is 0 Å². The summed E-state index contributed by atoms with van der Waals surface area (Å²) in [7, 11) is 2.03. The molecule has 9 amide bonds. The summed E-state index contributed by atoms with van der Waals surface area (Å²) in [5.74, 6) is -6.22. The monoisotopic (exact) mass is 1100 g/mol. The van der Waals surface area contributed by atoms with Gasteiger partial charge >= 0.3 is 6.03 Å². The first-order valence-electron chi connectivity index (χ1n) is 24.4. The number of primary amides is 1. The molecule has 1 fully saturated rings. The van der Waals surface area contributed by atoms with Crippen molar-refractivity contribution in [3.63, 3.8) is 0 Å². The molecule has 25 heteroatoms. The number of aldehydes is 1. The number of phenolic OH excluding ortho intramolecular Hbond substituents is 2. The average molecular weight is 1100 g/mol. The zero-order valence-corrected chi connectivity index (χ0v) is 43.8. The van der Waals surface area contributed by atoms with Gasteiger partial charge in [0.25, 0.3) is 0 Å². The van der Waals surface area contributed by atoms with E-state index in [2.05, 4.69) is 42.5 Å². The number of carbonyl (C=O) groups excluding carboxylic acids is 9. The average Bonchev–Trinajstić information content (AvgIpc) is 3.37. The molecule has 8 atom stereocenters. The maximum absolute atomic E-state index is 14.5. The van der Waals surface area contributed by atoms with Gasteiger partial charge in [-0.3, -0.25) is 33.6 Å². The normalized spacial score (nSPS) is 21.1. The van der Waals surface area contributed by atoms with E-state index in [1.807, 2.05) is 0 Å². The molecule has 0 bridgehead atoms. The second-order valence-electron chi connectivity index (χ2n) is 17.9. The molecule has 15 N–H and O–H groups in total. The molecule has 0 aliphatic carbocycles. The number of hydrogen-bond acceptors (Lipinski definition) is 15. The minimum Gasteiger partial charge on any atom is -0.508 e. The van der Waals surface area contributed by atoms with Crippen molar-refractivity contribution in [2.75, 3.05) is 24.6 Å². The van der Waals surface area contributed by atoms with E-state index in [1.165, 1.54) is 43.3 Å². The standard InChI is InChI=1S/C50H67ClN10O12S2/c1-29(63)43-49(72)60-41(47(70)55-34(26-62)24-31-10-17-35(64)18-11-31)28-75-74-27-40(56-42(66)21-14-30-8-15-33(51)16-9-30)48(71)59-39(25-32-12-19-36(65)20-13-32)46(69)58-37(7-3-5-23-54-50(53)73)44(67)57-38(45(68)61-43)6-2-4-22-52/h8-13,15-20,26,29,34,37-41,43,63-65H,2-7,14,21-25,27-28,52H2,1H3,(H,55,70)(H,56,66)(H,57,67)(H,58,69)(H,59,71)(H,60,72)(H,61,68)(H3,53,54,73)/t29?,34-,37-,38+,39+,40-,41+,43?/m1/s1. The predicted molar refractivity (Wildman–Crippen MR) is 284 cm³/mol. The zero-order valence-electron chi connectivity index (χ0n) is 41.4. The molecule has 1 saturated heterocycles. The molecular weight excluding hydrogens is 1030 g/mol. The first-order valence-corrected chi connectivity index (χ1v) is 27.2. The first kappa shape index (κ1) is 61.0. The Bertz CT molecular complexity index is 2390. The van der Waals surface area contributed by atoms with Gasteiger partial charge in [-0.2, -0.15) is 0 Å². The summed E-state index contributed by atoms with van der Waals surface area (Å²) in [6.07, 6.45) is 0.233. The topological polar surface area (TPSA) is 363 Å². The number of benzene rings is 3. The zero-order chi connectivity index (χ0) is 54.9. The molecule has 75 heavy (non-hydrogen) atoms. The first-order chi connectivity index (χ1) is 35.8. The Labute approximate surface area is 447 Å². The largest absolute Gasteiger partial charge is 0.508 e. The lowest BCUT2D eigenvalue weighted by molar-refractivity contribution is -0.136. The van der Waals surface area contributed by atoms with Crippen LogP contribution in [0, 0.1) is 0 Å². The van der Waals surface area contributed by atoms with Gasteiger partial charge in [-0.25, -0.2) is 4.79 Å². The van der Waals surface area contributed by atoms with Crippen molar-refractivity contribution >= 4 is 86.9 Å². The number of aliphatic hydroxyl groups is 1. The lowest BCUT2D eigenvalue weighted by atomic mass is 10.0. The van der Waals surface area contributed by atoms with Gasteiger partial charge in [-0.15, -0.1) is 0 Å². The van der Waals surface area contributed by atoms with Crippen LogP contribution in [0.3, 0.4) is 0 Å².